The molecule has 0 bridgehead atoms. The lowest BCUT2D eigenvalue weighted by atomic mass is 9.97. The number of allylic oxidation sites excluding steroid dienone is 4. The van der Waals surface area contributed by atoms with Gasteiger partial charge in [0.05, 0.1) is 6.04 Å². The average molecular weight is 347 g/mol. The zero-order valence-corrected chi connectivity index (χ0v) is 15.2. The van der Waals surface area contributed by atoms with Crippen molar-refractivity contribution >= 4 is 11.5 Å². The second-order valence-electron chi connectivity index (χ2n) is 6.87. The van der Waals surface area contributed by atoms with Crippen LogP contribution in [0.15, 0.2) is 77.5 Å². The summed E-state index contributed by atoms with van der Waals surface area (Å²) in [5.41, 5.74) is 3.71. The van der Waals surface area contributed by atoms with Crippen LogP contribution in [0.4, 0.5) is 4.39 Å². The highest BCUT2D eigenvalue weighted by Crippen LogP contribution is 2.29. The number of aliphatic imine (C=N–C) groups is 1. The molecule has 0 saturated carbocycles. The van der Waals surface area contributed by atoms with Crippen LogP contribution in [0, 0.1) is 12.7 Å². The zero-order chi connectivity index (χ0) is 18.3. The molecule has 3 aliphatic rings. The fourth-order valence-corrected chi connectivity index (χ4v) is 3.64. The Balaban J connectivity index is 1.66. The van der Waals surface area contributed by atoms with Crippen molar-refractivity contribution in [2.24, 2.45) is 4.99 Å². The van der Waals surface area contributed by atoms with Gasteiger partial charge in [0.1, 0.15) is 17.7 Å². The molecule has 2 aliphatic heterocycles. The fourth-order valence-electron chi connectivity index (χ4n) is 3.64. The average Bonchev–Trinajstić information content (AvgIpc) is 2.65. The van der Waals surface area contributed by atoms with Gasteiger partial charge in [-0.1, -0.05) is 48.6 Å². The van der Waals surface area contributed by atoms with Crippen molar-refractivity contribution in [1.82, 2.24) is 9.80 Å². The molecule has 0 amide bonds. The van der Waals surface area contributed by atoms with Crippen molar-refractivity contribution in [1.29, 1.82) is 0 Å². The topological polar surface area (TPSA) is 18.8 Å². The molecule has 4 rings (SSSR count). The maximum Gasteiger partial charge on any atom is 0.131 e. The van der Waals surface area contributed by atoms with E-state index in [-0.39, 0.29) is 17.9 Å². The number of likely N-dealkylation sites (N-methyl/N-ethyl adjacent to an activating group) is 2. The second-order valence-corrected chi connectivity index (χ2v) is 6.87. The van der Waals surface area contributed by atoms with E-state index in [1.54, 1.807) is 13.0 Å². The molecule has 0 fully saturated rings. The molecule has 0 aromatic heterocycles. The monoisotopic (exact) mass is 347 g/mol. The first-order valence-corrected chi connectivity index (χ1v) is 8.79. The SMILES string of the molecule is Cc1ccc(C2=CC=CC(C3=NC=C4C=CC=CC4N3C)N2C)cc1F. The Labute approximate surface area is 153 Å². The van der Waals surface area contributed by atoms with Crippen LogP contribution in [0.25, 0.3) is 5.70 Å². The highest BCUT2D eigenvalue weighted by Gasteiger charge is 2.31. The summed E-state index contributed by atoms with van der Waals surface area (Å²) in [7, 11) is 4.11. The molecule has 0 radical (unpaired) electrons. The quantitative estimate of drug-likeness (QED) is 0.803. The smallest absolute Gasteiger partial charge is 0.131 e. The number of halogens is 1. The number of hydrogen-bond donors (Lipinski definition) is 0. The van der Waals surface area contributed by atoms with Gasteiger partial charge in [0, 0.05) is 31.6 Å². The minimum atomic E-state index is -0.179. The molecular weight excluding hydrogens is 325 g/mol. The van der Waals surface area contributed by atoms with Gasteiger partial charge in [-0.25, -0.2) is 9.38 Å². The Morgan fingerprint density at radius 3 is 2.62 bits per heavy atom. The van der Waals surface area contributed by atoms with E-state index in [0.29, 0.717) is 5.56 Å². The summed E-state index contributed by atoms with van der Waals surface area (Å²) in [6, 6.07) is 5.61. The number of rotatable bonds is 2. The van der Waals surface area contributed by atoms with Gasteiger partial charge in [-0.2, -0.15) is 0 Å². The van der Waals surface area contributed by atoms with Gasteiger partial charge >= 0.3 is 0 Å². The summed E-state index contributed by atoms with van der Waals surface area (Å²) in [6.45, 7) is 1.78. The first kappa shape index (κ1) is 16.6. The molecule has 1 aromatic rings. The van der Waals surface area contributed by atoms with Crippen LogP contribution in [0.1, 0.15) is 11.1 Å². The molecule has 0 spiro atoms. The normalized spacial score (nSPS) is 24.2. The fraction of sp³-hybridized carbons (Fsp3) is 0.227. The molecule has 0 N–H and O–H groups in total. The third kappa shape index (κ3) is 2.71. The van der Waals surface area contributed by atoms with Crippen molar-refractivity contribution in [3.63, 3.8) is 0 Å². The molecule has 2 heterocycles. The third-order valence-electron chi connectivity index (χ3n) is 5.24. The van der Waals surface area contributed by atoms with Crippen molar-refractivity contribution < 1.29 is 4.39 Å². The van der Waals surface area contributed by atoms with Gasteiger partial charge in [-0.3, -0.25) is 0 Å². The van der Waals surface area contributed by atoms with E-state index < -0.39 is 0 Å². The number of hydrogen-bond acceptors (Lipinski definition) is 3. The lowest BCUT2D eigenvalue weighted by Gasteiger charge is -2.40. The maximum absolute atomic E-state index is 14.0. The molecule has 132 valence electrons. The summed E-state index contributed by atoms with van der Waals surface area (Å²) in [5.74, 6) is 0.803. The Kier molecular flexibility index (Phi) is 4.11. The van der Waals surface area contributed by atoms with E-state index in [4.69, 9.17) is 4.99 Å². The predicted molar refractivity (Wildman–Crippen MR) is 105 cm³/mol. The first-order valence-electron chi connectivity index (χ1n) is 8.79. The molecule has 4 heteroatoms. The predicted octanol–water partition coefficient (Wildman–Crippen LogP) is 4.07. The summed E-state index contributed by atoms with van der Waals surface area (Å²) >= 11 is 0. The molecular formula is C22H22FN3. The Bertz CT molecular complexity index is 917. The van der Waals surface area contributed by atoms with Crippen LogP contribution in [0.5, 0.6) is 0 Å². The number of amidine groups is 1. The van der Waals surface area contributed by atoms with E-state index in [9.17, 15) is 4.39 Å². The van der Waals surface area contributed by atoms with Gasteiger partial charge in [0.15, 0.2) is 0 Å². The van der Waals surface area contributed by atoms with E-state index in [1.807, 2.05) is 43.6 Å². The molecule has 1 aromatic carbocycles. The van der Waals surface area contributed by atoms with Crippen molar-refractivity contribution in [3.05, 3.63) is 89.4 Å². The lowest BCUT2D eigenvalue weighted by molar-refractivity contribution is 0.396. The largest absolute Gasteiger partial charge is 0.361 e. The van der Waals surface area contributed by atoms with Crippen LogP contribution < -0.4 is 0 Å². The molecule has 2 unspecified atom stereocenters. The Hall–Kier alpha value is -2.88. The summed E-state index contributed by atoms with van der Waals surface area (Å²) in [4.78, 5) is 9.09. The summed E-state index contributed by atoms with van der Waals surface area (Å²) in [5, 5.41) is 0. The van der Waals surface area contributed by atoms with E-state index >= 15 is 0 Å². The summed E-state index contributed by atoms with van der Waals surface area (Å²) < 4.78 is 14.0. The summed E-state index contributed by atoms with van der Waals surface area (Å²) in [6.07, 6.45) is 16.5. The zero-order valence-electron chi connectivity index (χ0n) is 15.2. The van der Waals surface area contributed by atoms with Crippen molar-refractivity contribution in [2.75, 3.05) is 14.1 Å². The maximum atomic E-state index is 14.0. The number of nitrogens with zero attached hydrogens (tertiary/aromatic N) is 3. The first-order chi connectivity index (χ1) is 12.6. The highest BCUT2D eigenvalue weighted by atomic mass is 19.1. The van der Waals surface area contributed by atoms with Crippen LogP contribution in [0.3, 0.4) is 0 Å². The van der Waals surface area contributed by atoms with E-state index in [1.165, 1.54) is 5.57 Å². The molecule has 26 heavy (non-hydrogen) atoms. The number of benzene rings is 1. The number of fused-ring (bicyclic) bond motifs is 1. The van der Waals surface area contributed by atoms with Crippen LogP contribution in [0.2, 0.25) is 0 Å². The van der Waals surface area contributed by atoms with Gasteiger partial charge in [-0.15, -0.1) is 0 Å². The minimum absolute atomic E-state index is 0.00136. The van der Waals surface area contributed by atoms with E-state index in [2.05, 4.69) is 41.2 Å². The van der Waals surface area contributed by atoms with Gasteiger partial charge < -0.3 is 9.80 Å². The van der Waals surface area contributed by atoms with Crippen molar-refractivity contribution in [3.8, 4) is 0 Å². The van der Waals surface area contributed by atoms with E-state index in [0.717, 1.165) is 17.1 Å². The molecule has 3 nitrogen and oxygen atoms in total. The van der Waals surface area contributed by atoms with Crippen LogP contribution in [-0.2, 0) is 0 Å². The lowest BCUT2D eigenvalue weighted by Crippen LogP contribution is -2.49. The van der Waals surface area contributed by atoms with Gasteiger partial charge in [0.2, 0.25) is 0 Å². The molecule has 0 saturated heterocycles. The standard InChI is InChI=1S/C22H22FN3/c1-15-11-12-16(13-18(15)23)19-9-6-10-21(25(19)2)22-24-14-17-7-4-5-8-20(17)26(22)3/h4-14,20-21H,1-3H3. The minimum Gasteiger partial charge on any atom is -0.361 e. The van der Waals surface area contributed by atoms with Crippen LogP contribution in [-0.4, -0.2) is 41.8 Å². The molecule has 1 aliphatic carbocycles. The van der Waals surface area contributed by atoms with Gasteiger partial charge in [0.25, 0.3) is 0 Å². The van der Waals surface area contributed by atoms with Gasteiger partial charge in [-0.05, 0) is 30.2 Å². The highest BCUT2D eigenvalue weighted by molar-refractivity contribution is 5.93. The second kappa shape index (κ2) is 6.45. The Morgan fingerprint density at radius 1 is 1.00 bits per heavy atom. The van der Waals surface area contributed by atoms with Crippen molar-refractivity contribution in [2.45, 2.75) is 19.0 Å². The Morgan fingerprint density at radius 2 is 1.81 bits per heavy atom. The number of aryl methyl sites for hydroxylation is 1. The third-order valence-corrected chi connectivity index (χ3v) is 5.24. The molecule has 2 atom stereocenters. The van der Waals surface area contributed by atoms with Crippen LogP contribution >= 0.6 is 0 Å².